The summed E-state index contributed by atoms with van der Waals surface area (Å²) in [6.07, 6.45) is 1.25. The highest BCUT2D eigenvalue weighted by molar-refractivity contribution is 5.90. The van der Waals surface area contributed by atoms with E-state index in [2.05, 4.69) is 10.2 Å². The Labute approximate surface area is 198 Å². The molecule has 34 heavy (non-hydrogen) atoms. The van der Waals surface area contributed by atoms with Crippen molar-refractivity contribution >= 4 is 16.7 Å². The molecular weight excluding hydrogens is 434 g/mol. The fourth-order valence-electron chi connectivity index (χ4n) is 4.67. The van der Waals surface area contributed by atoms with Gasteiger partial charge >= 0.3 is 5.69 Å². The number of aromatic nitrogens is 3. The summed E-state index contributed by atoms with van der Waals surface area (Å²) in [6.45, 7) is 7.03. The van der Waals surface area contributed by atoms with Crippen LogP contribution in [-0.4, -0.2) is 58.0 Å². The molecule has 0 unspecified atom stereocenters. The van der Waals surface area contributed by atoms with E-state index in [1.807, 2.05) is 37.3 Å². The fourth-order valence-corrected chi connectivity index (χ4v) is 4.67. The lowest BCUT2D eigenvalue weighted by Gasteiger charge is -2.26. The van der Waals surface area contributed by atoms with Gasteiger partial charge < -0.3 is 10.1 Å². The van der Waals surface area contributed by atoms with Crippen LogP contribution in [0, 0.1) is 0 Å². The van der Waals surface area contributed by atoms with Crippen molar-refractivity contribution in [2.45, 2.75) is 26.3 Å². The third kappa shape index (κ3) is 4.58. The number of nitrogens with one attached hydrogen (secondary N) is 1. The highest BCUT2D eigenvalue weighted by Crippen LogP contribution is 2.24. The van der Waals surface area contributed by atoms with Crippen molar-refractivity contribution in [3.63, 3.8) is 0 Å². The van der Waals surface area contributed by atoms with E-state index in [9.17, 15) is 14.4 Å². The van der Waals surface area contributed by atoms with E-state index in [0.717, 1.165) is 49.4 Å². The zero-order valence-corrected chi connectivity index (χ0v) is 20.2. The number of pyridine rings is 1. The number of hydrogen-bond donors (Lipinski definition) is 1. The Bertz CT molecular complexity index is 1330. The molecule has 9 heteroatoms. The summed E-state index contributed by atoms with van der Waals surface area (Å²) in [5, 5.41) is 3.80. The largest absolute Gasteiger partial charge is 0.384 e. The van der Waals surface area contributed by atoms with Crippen LogP contribution in [0.5, 0.6) is 0 Å². The minimum absolute atomic E-state index is 0.207. The van der Waals surface area contributed by atoms with Crippen LogP contribution in [0.2, 0.25) is 0 Å². The van der Waals surface area contributed by atoms with Crippen LogP contribution in [0.4, 0.5) is 5.69 Å². The molecule has 0 amide bonds. The Morgan fingerprint density at radius 2 is 1.68 bits per heavy atom. The first-order valence-corrected chi connectivity index (χ1v) is 11.9. The van der Waals surface area contributed by atoms with E-state index in [4.69, 9.17) is 4.74 Å². The molecule has 1 aromatic carbocycles. The highest BCUT2D eigenvalue weighted by Gasteiger charge is 2.22. The second-order valence-corrected chi connectivity index (χ2v) is 8.70. The highest BCUT2D eigenvalue weighted by atomic mass is 16.5. The van der Waals surface area contributed by atoms with Crippen molar-refractivity contribution < 1.29 is 4.74 Å². The molecule has 3 heterocycles. The van der Waals surface area contributed by atoms with Crippen LogP contribution in [-0.2, 0) is 31.8 Å². The first-order valence-electron chi connectivity index (χ1n) is 11.9. The van der Waals surface area contributed by atoms with Crippen molar-refractivity contribution in [3.05, 3.63) is 72.7 Å². The van der Waals surface area contributed by atoms with Crippen molar-refractivity contribution in [1.82, 2.24) is 18.6 Å². The molecule has 182 valence electrons. The Kier molecular flexibility index (Phi) is 7.33. The second kappa shape index (κ2) is 10.4. The predicted octanol–water partition coefficient (Wildman–Crippen LogP) is 1.14. The smallest absolute Gasteiger partial charge is 0.332 e. The zero-order chi connectivity index (χ0) is 24.2. The standard InChI is InChI=1S/C25H33N5O4/c1-4-30-22-20(24(32)28(3)25(30)33)21(26-11-8-12-29-13-15-34-16-14-29)19(23(31)27(22)2)17-18-9-6-5-7-10-18/h5-7,9-10,26H,4,8,11-17H2,1-3H3. The number of nitrogens with zero attached hydrogens (tertiary/aromatic N) is 4. The zero-order valence-electron chi connectivity index (χ0n) is 20.2. The topological polar surface area (TPSA) is 90.5 Å². The summed E-state index contributed by atoms with van der Waals surface area (Å²) < 4.78 is 9.48. The molecule has 0 bridgehead atoms. The monoisotopic (exact) mass is 467 g/mol. The Morgan fingerprint density at radius 3 is 2.35 bits per heavy atom. The molecule has 1 N–H and O–H groups in total. The van der Waals surface area contributed by atoms with Gasteiger partial charge in [-0.3, -0.25) is 28.2 Å². The van der Waals surface area contributed by atoms with Crippen LogP contribution in [0.1, 0.15) is 24.5 Å². The van der Waals surface area contributed by atoms with Crippen LogP contribution < -0.4 is 22.1 Å². The van der Waals surface area contributed by atoms with Gasteiger partial charge in [0, 0.05) is 52.3 Å². The van der Waals surface area contributed by atoms with Crippen LogP contribution >= 0.6 is 0 Å². The maximum absolute atomic E-state index is 13.5. The van der Waals surface area contributed by atoms with Crippen molar-refractivity contribution in [3.8, 4) is 0 Å². The van der Waals surface area contributed by atoms with Crippen LogP contribution in [0.3, 0.4) is 0 Å². The van der Waals surface area contributed by atoms with Gasteiger partial charge in [-0.25, -0.2) is 4.79 Å². The van der Waals surface area contributed by atoms with E-state index in [0.29, 0.717) is 41.8 Å². The van der Waals surface area contributed by atoms with E-state index in [1.54, 1.807) is 7.05 Å². The molecule has 0 atom stereocenters. The Balaban J connectivity index is 1.81. The molecule has 1 aliphatic rings. The number of aryl methyl sites for hydroxylation is 2. The molecule has 0 radical (unpaired) electrons. The molecule has 1 saturated heterocycles. The number of fused-ring (bicyclic) bond motifs is 1. The first kappa shape index (κ1) is 24.0. The number of anilines is 1. The quantitative estimate of drug-likeness (QED) is 0.500. The third-order valence-corrected chi connectivity index (χ3v) is 6.54. The van der Waals surface area contributed by atoms with Gasteiger partial charge in [-0.05, 0) is 25.5 Å². The normalized spacial score (nSPS) is 14.6. The summed E-state index contributed by atoms with van der Waals surface area (Å²) in [6, 6.07) is 9.74. The van der Waals surface area contributed by atoms with Crippen LogP contribution in [0.15, 0.2) is 44.7 Å². The molecule has 1 fully saturated rings. The lowest BCUT2D eigenvalue weighted by Crippen LogP contribution is -2.41. The van der Waals surface area contributed by atoms with Gasteiger partial charge in [0.15, 0.2) is 0 Å². The van der Waals surface area contributed by atoms with Crippen molar-refractivity contribution in [1.29, 1.82) is 0 Å². The van der Waals surface area contributed by atoms with Gasteiger partial charge in [0.2, 0.25) is 0 Å². The molecule has 0 aliphatic carbocycles. The van der Waals surface area contributed by atoms with Gasteiger partial charge in [-0.1, -0.05) is 30.3 Å². The molecule has 2 aromatic heterocycles. The molecule has 3 aromatic rings. The Hall–Kier alpha value is -3.17. The number of rotatable bonds is 8. The van der Waals surface area contributed by atoms with E-state index >= 15 is 0 Å². The minimum atomic E-state index is -0.427. The summed E-state index contributed by atoms with van der Waals surface area (Å²) in [7, 11) is 3.12. The summed E-state index contributed by atoms with van der Waals surface area (Å²) >= 11 is 0. The molecule has 0 spiro atoms. The lowest BCUT2D eigenvalue weighted by atomic mass is 10.0. The van der Waals surface area contributed by atoms with Gasteiger partial charge in [-0.2, -0.15) is 0 Å². The molecule has 0 saturated carbocycles. The molecule has 4 rings (SSSR count). The number of ether oxygens (including phenoxy) is 1. The first-order chi connectivity index (χ1) is 16.4. The number of benzene rings is 1. The maximum atomic E-state index is 13.5. The van der Waals surface area contributed by atoms with Gasteiger partial charge in [0.05, 0.1) is 18.9 Å². The van der Waals surface area contributed by atoms with Gasteiger partial charge in [-0.15, -0.1) is 0 Å². The summed E-state index contributed by atoms with van der Waals surface area (Å²) in [4.78, 5) is 42.0. The minimum Gasteiger partial charge on any atom is -0.384 e. The fraction of sp³-hybridized carbons (Fsp3) is 0.480. The third-order valence-electron chi connectivity index (χ3n) is 6.54. The van der Waals surface area contributed by atoms with E-state index in [-0.39, 0.29) is 5.56 Å². The Morgan fingerprint density at radius 1 is 0.971 bits per heavy atom. The van der Waals surface area contributed by atoms with Crippen molar-refractivity contribution in [2.75, 3.05) is 44.7 Å². The predicted molar refractivity (Wildman–Crippen MR) is 134 cm³/mol. The number of hydrogen-bond acceptors (Lipinski definition) is 6. The average Bonchev–Trinajstić information content (AvgIpc) is 2.86. The lowest BCUT2D eigenvalue weighted by molar-refractivity contribution is 0.0378. The van der Waals surface area contributed by atoms with Gasteiger partial charge in [0.25, 0.3) is 11.1 Å². The van der Waals surface area contributed by atoms with E-state index < -0.39 is 11.2 Å². The van der Waals surface area contributed by atoms with Crippen LogP contribution in [0.25, 0.3) is 11.0 Å². The average molecular weight is 468 g/mol. The van der Waals surface area contributed by atoms with Crippen molar-refractivity contribution in [2.24, 2.45) is 14.1 Å². The maximum Gasteiger partial charge on any atom is 0.332 e. The molecule has 9 nitrogen and oxygen atoms in total. The SMILES string of the molecule is CCn1c(=O)n(C)c(=O)c2c(NCCCN3CCOCC3)c(Cc3ccccc3)c(=O)n(C)c21. The number of morpholine rings is 1. The van der Waals surface area contributed by atoms with Gasteiger partial charge in [0.1, 0.15) is 11.0 Å². The second-order valence-electron chi connectivity index (χ2n) is 8.70. The molecule has 1 aliphatic heterocycles. The summed E-state index contributed by atoms with van der Waals surface area (Å²) in [5.74, 6) is 0. The van der Waals surface area contributed by atoms with E-state index in [1.165, 1.54) is 16.2 Å². The molecular formula is C25H33N5O4. The summed E-state index contributed by atoms with van der Waals surface area (Å²) in [5.41, 5.74) is 1.37.